The molecular weight excluding hydrogens is 261 g/mol. The Balaban J connectivity index is 0.00000128. The van der Waals surface area contributed by atoms with E-state index in [0.717, 1.165) is 6.54 Å². The van der Waals surface area contributed by atoms with E-state index >= 15 is 0 Å². The molecule has 1 aliphatic heterocycles. The summed E-state index contributed by atoms with van der Waals surface area (Å²) in [5.41, 5.74) is 1.26. The summed E-state index contributed by atoms with van der Waals surface area (Å²) >= 11 is 0. The van der Waals surface area contributed by atoms with Gasteiger partial charge in [-0.15, -0.1) is 24.8 Å². The molecule has 2 rings (SSSR count). The number of hydrogen-bond acceptors (Lipinski definition) is 3. The van der Waals surface area contributed by atoms with Crippen molar-refractivity contribution in [3.63, 3.8) is 0 Å². The Bertz CT molecular complexity index is 431. The van der Waals surface area contributed by atoms with Gasteiger partial charge >= 0.3 is 0 Å². The molecule has 0 radical (unpaired) electrons. The van der Waals surface area contributed by atoms with Crippen LogP contribution in [0.3, 0.4) is 0 Å². The van der Waals surface area contributed by atoms with E-state index in [1.807, 2.05) is 12.1 Å². The summed E-state index contributed by atoms with van der Waals surface area (Å²) in [7, 11) is 0. The van der Waals surface area contributed by atoms with Crippen LogP contribution in [0.25, 0.3) is 0 Å². The molecule has 0 aromatic heterocycles. The lowest BCUT2D eigenvalue weighted by molar-refractivity contribution is -0.118. The predicted octanol–water partition coefficient (Wildman–Crippen LogP) is 1.34. The standard InChI is InChI=1S/C11H11N3O.2ClH/c12-7-9-3-1-2-4-10(9)14-6-5-13-8-11(14)15;;/h1-4,13H,5-6,8H2;2*1H. The molecule has 92 valence electrons. The zero-order chi connectivity index (χ0) is 10.7. The number of benzene rings is 1. The monoisotopic (exact) mass is 273 g/mol. The average Bonchev–Trinajstić information content (AvgIpc) is 2.30. The molecule has 1 aliphatic rings. The van der Waals surface area contributed by atoms with Gasteiger partial charge in [0, 0.05) is 13.1 Å². The number of halogens is 2. The minimum absolute atomic E-state index is 0. The van der Waals surface area contributed by atoms with E-state index in [0.29, 0.717) is 24.3 Å². The van der Waals surface area contributed by atoms with E-state index in [1.165, 1.54) is 0 Å². The number of amides is 1. The third-order valence-electron chi connectivity index (χ3n) is 2.40. The highest BCUT2D eigenvalue weighted by Gasteiger charge is 2.20. The summed E-state index contributed by atoms with van der Waals surface area (Å²) in [5, 5.41) is 11.9. The van der Waals surface area contributed by atoms with Gasteiger partial charge in [0.25, 0.3) is 0 Å². The Morgan fingerprint density at radius 2 is 2.00 bits per heavy atom. The van der Waals surface area contributed by atoms with Gasteiger partial charge in [-0.05, 0) is 12.1 Å². The Morgan fingerprint density at radius 1 is 1.29 bits per heavy atom. The SMILES string of the molecule is Cl.Cl.N#Cc1ccccc1N1CCNCC1=O. The molecular formula is C11H13Cl2N3O. The molecule has 0 saturated carbocycles. The van der Waals surface area contributed by atoms with Crippen LogP contribution in [0.15, 0.2) is 24.3 Å². The van der Waals surface area contributed by atoms with Crippen molar-refractivity contribution >= 4 is 36.4 Å². The third kappa shape index (κ3) is 3.34. The summed E-state index contributed by atoms with van der Waals surface area (Å²) in [6.45, 7) is 1.74. The first-order valence-electron chi connectivity index (χ1n) is 4.83. The summed E-state index contributed by atoms with van der Waals surface area (Å²) in [6.07, 6.45) is 0. The highest BCUT2D eigenvalue weighted by atomic mass is 35.5. The fraction of sp³-hybridized carbons (Fsp3) is 0.273. The van der Waals surface area contributed by atoms with Gasteiger partial charge < -0.3 is 10.2 Å². The summed E-state index contributed by atoms with van der Waals surface area (Å²) < 4.78 is 0. The number of anilines is 1. The van der Waals surface area contributed by atoms with Crippen molar-refractivity contribution in [2.75, 3.05) is 24.5 Å². The lowest BCUT2D eigenvalue weighted by Crippen LogP contribution is -2.48. The second kappa shape index (κ2) is 7.13. The first-order valence-corrected chi connectivity index (χ1v) is 4.83. The van der Waals surface area contributed by atoms with Crippen LogP contribution in [0.4, 0.5) is 5.69 Å². The maximum atomic E-state index is 11.6. The lowest BCUT2D eigenvalue weighted by Gasteiger charge is -2.27. The molecule has 1 amide bonds. The van der Waals surface area contributed by atoms with Crippen LogP contribution in [-0.2, 0) is 4.79 Å². The molecule has 1 aromatic rings. The fourth-order valence-electron chi connectivity index (χ4n) is 1.66. The molecule has 0 bridgehead atoms. The second-order valence-corrected chi connectivity index (χ2v) is 3.35. The molecule has 6 heteroatoms. The van der Waals surface area contributed by atoms with Crippen LogP contribution < -0.4 is 10.2 Å². The van der Waals surface area contributed by atoms with E-state index in [1.54, 1.807) is 17.0 Å². The number of carbonyl (C=O) groups excluding carboxylic acids is 1. The Morgan fingerprint density at radius 3 is 2.65 bits per heavy atom. The molecule has 4 nitrogen and oxygen atoms in total. The number of nitrogens with zero attached hydrogens (tertiary/aromatic N) is 2. The van der Waals surface area contributed by atoms with Crippen molar-refractivity contribution in [2.45, 2.75) is 0 Å². The summed E-state index contributed by atoms with van der Waals surface area (Å²) in [6, 6.07) is 9.27. The zero-order valence-corrected chi connectivity index (χ0v) is 10.7. The first kappa shape index (κ1) is 15.7. The maximum Gasteiger partial charge on any atom is 0.241 e. The van der Waals surface area contributed by atoms with Crippen molar-refractivity contribution in [1.29, 1.82) is 5.26 Å². The van der Waals surface area contributed by atoms with Gasteiger partial charge in [0.15, 0.2) is 0 Å². The lowest BCUT2D eigenvalue weighted by atomic mass is 10.1. The van der Waals surface area contributed by atoms with Crippen LogP contribution >= 0.6 is 24.8 Å². The normalized spacial score (nSPS) is 14.3. The predicted molar refractivity (Wildman–Crippen MR) is 70.9 cm³/mol. The van der Waals surface area contributed by atoms with E-state index in [2.05, 4.69) is 11.4 Å². The minimum atomic E-state index is 0. The van der Waals surface area contributed by atoms with Crippen molar-refractivity contribution in [1.82, 2.24) is 5.32 Å². The van der Waals surface area contributed by atoms with E-state index in [4.69, 9.17) is 5.26 Å². The van der Waals surface area contributed by atoms with E-state index in [-0.39, 0.29) is 30.7 Å². The number of carbonyl (C=O) groups is 1. The molecule has 1 fully saturated rings. The third-order valence-corrected chi connectivity index (χ3v) is 2.40. The van der Waals surface area contributed by atoms with Gasteiger partial charge in [0.2, 0.25) is 5.91 Å². The second-order valence-electron chi connectivity index (χ2n) is 3.35. The highest BCUT2D eigenvalue weighted by molar-refractivity contribution is 5.96. The number of nitrogens with one attached hydrogen (secondary N) is 1. The van der Waals surface area contributed by atoms with Crippen LogP contribution in [0.1, 0.15) is 5.56 Å². The molecule has 0 unspecified atom stereocenters. The zero-order valence-electron chi connectivity index (χ0n) is 9.05. The molecule has 0 aliphatic carbocycles. The molecule has 1 heterocycles. The number of hydrogen-bond donors (Lipinski definition) is 1. The smallest absolute Gasteiger partial charge is 0.241 e. The fourth-order valence-corrected chi connectivity index (χ4v) is 1.66. The Labute approximate surface area is 112 Å². The van der Waals surface area contributed by atoms with E-state index < -0.39 is 0 Å². The van der Waals surface area contributed by atoms with Gasteiger partial charge in [-0.3, -0.25) is 4.79 Å². The van der Waals surface area contributed by atoms with Gasteiger partial charge in [0.1, 0.15) is 6.07 Å². The number of nitriles is 1. The van der Waals surface area contributed by atoms with Crippen LogP contribution in [-0.4, -0.2) is 25.5 Å². The van der Waals surface area contributed by atoms with Crippen molar-refractivity contribution in [3.8, 4) is 6.07 Å². The topological polar surface area (TPSA) is 56.1 Å². The largest absolute Gasteiger partial charge is 0.309 e. The Hall–Kier alpha value is -1.28. The molecule has 0 spiro atoms. The molecule has 1 saturated heterocycles. The van der Waals surface area contributed by atoms with Gasteiger partial charge in [-0.25, -0.2) is 0 Å². The number of rotatable bonds is 1. The summed E-state index contributed by atoms with van der Waals surface area (Å²) in [4.78, 5) is 13.3. The van der Waals surface area contributed by atoms with Crippen molar-refractivity contribution < 1.29 is 4.79 Å². The first-order chi connectivity index (χ1) is 7.33. The van der Waals surface area contributed by atoms with Crippen molar-refractivity contribution in [2.24, 2.45) is 0 Å². The summed E-state index contributed by atoms with van der Waals surface area (Å²) in [5.74, 6) is 0.0175. The van der Waals surface area contributed by atoms with Gasteiger partial charge in [-0.1, -0.05) is 12.1 Å². The van der Waals surface area contributed by atoms with Crippen LogP contribution in [0.2, 0.25) is 0 Å². The van der Waals surface area contributed by atoms with Gasteiger partial charge in [0.05, 0.1) is 17.8 Å². The Kier molecular flexibility index (Phi) is 6.59. The maximum absolute atomic E-state index is 11.6. The molecule has 0 atom stereocenters. The van der Waals surface area contributed by atoms with Gasteiger partial charge in [-0.2, -0.15) is 5.26 Å². The number of piperazine rings is 1. The highest BCUT2D eigenvalue weighted by Crippen LogP contribution is 2.20. The molecule has 1 N–H and O–H groups in total. The molecule has 17 heavy (non-hydrogen) atoms. The number of para-hydroxylation sites is 1. The average molecular weight is 274 g/mol. The molecule has 1 aromatic carbocycles. The van der Waals surface area contributed by atoms with Crippen LogP contribution in [0.5, 0.6) is 0 Å². The minimum Gasteiger partial charge on any atom is -0.309 e. The van der Waals surface area contributed by atoms with Crippen molar-refractivity contribution in [3.05, 3.63) is 29.8 Å². The van der Waals surface area contributed by atoms with E-state index in [9.17, 15) is 4.79 Å². The van der Waals surface area contributed by atoms with Crippen LogP contribution in [0, 0.1) is 11.3 Å². The quantitative estimate of drug-likeness (QED) is 0.840.